The number of pyridine rings is 1. The summed E-state index contributed by atoms with van der Waals surface area (Å²) in [6.07, 6.45) is 3.83. The molecule has 0 saturated carbocycles. The zero-order chi connectivity index (χ0) is 29.9. The van der Waals surface area contributed by atoms with Gasteiger partial charge in [0.15, 0.2) is 0 Å². The molecule has 1 N–H and O–H groups in total. The summed E-state index contributed by atoms with van der Waals surface area (Å²) >= 11 is 0. The van der Waals surface area contributed by atoms with E-state index in [1.54, 1.807) is 0 Å². The van der Waals surface area contributed by atoms with Crippen molar-refractivity contribution in [2.45, 2.75) is 112 Å². The quantitative estimate of drug-likeness (QED) is 0.174. The first-order valence-corrected chi connectivity index (χ1v) is 15.7. The van der Waals surface area contributed by atoms with Crippen molar-refractivity contribution >= 4 is 21.7 Å². The molecule has 42 heavy (non-hydrogen) atoms. The van der Waals surface area contributed by atoms with E-state index in [9.17, 15) is 5.11 Å². The fourth-order valence-corrected chi connectivity index (χ4v) is 6.61. The molecule has 0 bridgehead atoms. The molecule has 1 heterocycles. The molecular formula is C38H50IrN2O-2. The molecule has 0 spiro atoms. The number of benzene rings is 3. The minimum Gasteiger partial charge on any atom is -0.657 e. The second kappa shape index (κ2) is 14.6. The second-order valence-corrected chi connectivity index (χ2v) is 13.2. The first-order valence-electron chi connectivity index (χ1n) is 15.7. The molecule has 4 aromatic rings. The summed E-state index contributed by atoms with van der Waals surface area (Å²) in [7, 11) is 0. The molecule has 3 nitrogen and oxygen atoms in total. The minimum absolute atomic E-state index is 0. The van der Waals surface area contributed by atoms with Gasteiger partial charge in [0.25, 0.3) is 0 Å². The van der Waals surface area contributed by atoms with Crippen molar-refractivity contribution in [2.24, 2.45) is 11.8 Å². The van der Waals surface area contributed by atoms with E-state index in [0.717, 1.165) is 42.5 Å². The molecule has 3 aromatic carbocycles. The first kappa shape index (κ1) is 34.4. The molecule has 0 saturated heterocycles. The van der Waals surface area contributed by atoms with E-state index < -0.39 is 0 Å². The van der Waals surface area contributed by atoms with E-state index in [2.05, 4.69) is 122 Å². The Bertz CT molecular complexity index is 1470. The number of nitrogens with zero attached hydrogens (tertiary/aromatic N) is 2. The summed E-state index contributed by atoms with van der Waals surface area (Å²) in [5.41, 5.74) is 7.34. The summed E-state index contributed by atoms with van der Waals surface area (Å²) in [6, 6.07) is 23.9. The molecule has 4 heteroatoms. The van der Waals surface area contributed by atoms with Crippen LogP contribution in [0.1, 0.15) is 98.3 Å². The van der Waals surface area contributed by atoms with Gasteiger partial charge in [-0.2, -0.15) is 0 Å². The summed E-state index contributed by atoms with van der Waals surface area (Å²) in [5, 5.41) is 18.3. The third-order valence-electron chi connectivity index (χ3n) is 8.73. The van der Waals surface area contributed by atoms with Gasteiger partial charge in [0, 0.05) is 30.9 Å². The average molecular weight is 743 g/mol. The zero-order valence-corrected chi connectivity index (χ0v) is 29.5. The monoisotopic (exact) mass is 743 g/mol. The van der Waals surface area contributed by atoms with Crippen LogP contribution >= 0.6 is 0 Å². The zero-order valence-electron chi connectivity index (χ0n) is 27.1. The Kier molecular flexibility index (Phi) is 11.9. The number of aromatic nitrogens is 1. The van der Waals surface area contributed by atoms with Crippen molar-refractivity contribution in [1.82, 2.24) is 4.98 Å². The van der Waals surface area contributed by atoms with Gasteiger partial charge in [0.2, 0.25) is 0 Å². The van der Waals surface area contributed by atoms with Gasteiger partial charge < -0.3 is 10.4 Å². The van der Waals surface area contributed by atoms with E-state index in [4.69, 9.17) is 4.98 Å². The van der Waals surface area contributed by atoms with E-state index in [0.29, 0.717) is 17.9 Å². The topological polar surface area (TPSA) is 47.2 Å². The Morgan fingerprint density at radius 1 is 0.929 bits per heavy atom. The van der Waals surface area contributed by atoms with Crippen molar-refractivity contribution in [2.75, 3.05) is 0 Å². The summed E-state index contributed by atoms with van der Waals surface area (Å²) in [6.45, 7) is 19.8. The van der Waals surface area contributed by atoms with E-state index >= 15 is 0 Å². The number of hydrogen-bond donors (Lipinski definition) is 1. The fraction of sp³-hybridized carbons (Fsp3) is 0.500. The van der Waals surface area contributed by atoms with Crippen LogP contribution in [0.25, 0.3) is 38.2 Å². The molecule has 1 aliphatic rings. The summed E-state index contributed by atoms with van der Waals surface area (Å²) < 4.78 is 0. The largest absolute Gasteiger partial charge is 0.657 e. The number of fused-ring (bicyclic) bond motifs is 3. The normalized spacial score (nSPS) is 14.9. The Balaban J connectivity index is 0.000000278. The SMILES string of the molecule is CC(C)Cc1cccc2nc3c(cc12)C(C)(C)c1cccc2cc[c-]c-3c12.CCC(CC)C(O)CC(C)[N-]C(C)C.[Ir]. The van der Waals surface area contributed by atoms with Gasteiger partial charge >= 0.3 is 0 Å². The van der Waals surface area contributed by atoms with Gasteiger partial charge in [-0.25, -0.2) is 0 Å². The van der Waals surface area contributed by atoms with Crippen LogP contribution in [0.3, 0.4) is 0 Å². The Hall–Kier alpha value is -2.10. The molecular weight excluding hydrogens is 693 g/mol. The number of aliphatic hydroxyl groups is 1. The predicted molar refractivity (Wildman–Crippen MR) is 177 cm³/mol. The van der Waals surface area contributed by atoms with Crippen molar-refractivity contribution in [1.29, 1.82) is 0 Å². The van der Waals surface area contributed by atoms with Crippen molar-refractivity contribution in [3.63, 3.8) is 0 Å². The third kappa shape index (κ3) is 7.33. The predicted octanol–water partition coefficient (Wildman–Crippen LogP) is 10.0. The van der Waals surface area contributed by atoms with Crippen LogP contribution < -0.4 is 0 Å². The van der Waals surface area contributed by atoms with Gasteiger partial charge in [-0.15, -0.1) is 41.2 Å². The molecule has 0 fully saturated rings. The van der Waals surface area contributed by atoms with Crippen LogP contribution in [0.4, 0.5) is 0 Å². The number of rotatable bonds is 9. The molecule has 2 atom stereocenters. The Morgan fingerprint density at radius 2 is 1.62 bits per heavy atom. The number of aliphatic hydroxyl groups excluding tert-OH is 1. The van der Waals surface area contributed by atoms with Crippen LogP contribution in [0.15, 0.2) is 54.6 Å². The summed E-state index contributed by atoms with van der Waals surface area (Å²) in [5.74, 6) is 1.07. The molecule has 229 valence electrons. The van der Waals surface area contributed by atoms with E-state index in [1.807, 2.05) is 6.07 Å². The van der Waals surface area contributed by atoms with Crippen LogP contribution in [0, 0.1) is 17.9 Å². The molecule has 1 radical (unpaired) electrons. The van der Waals surface area contributed by atoms with Gasteiger partial charge in [0.1, 0.15) is 0 Å². The Labute approximate surface area is 268 Å². The summed E-state index contributed by atoms with van der Waals surface area (Å²) in [4.78, 5) is 5.17. The van der Waals surface area contributed by atoms with Crippen molar-refractivity contribution in [3.8, 4) is 11.3 Å². The van der Waals surface area contributed by atoms with Crippen LogP contribution in [0.5, 0.6) is 0 Å². The maximum Gasteiger partial charge on any atom is 0.0598 e. The molecule has 1 aromatic heterocycles. The van der Waals surface area contributed by atoms with Crippen molar-refractivity contribution < 1.29 is 25.2 Å². The maximum atomic E-state index is 9.93. The van der Waals surface area contributed by atoms with Gasteiger partial charge in [0.05, 0.1) is 11.6 Å². The average Bonchev–Trinajstić information content (AvgIpc) is 2.91. The van der Waals surface area contributed by atoms with E-state index in [-0.39, 0.29) is 37.7 Å². The molecule has 0 aliphatic heterocycles. The van der Waals surface area contributed by atoms with Crippen molar-refractivity contribution in [3.05, 3.63) is 82.7 Å². The van der Waals surface area contributed by atoms with Crippen LogP contribution in [0.2, 0.25) is 0 Å². The molecule has 5 rings (SSSR count). The van der Waals surface area contributed by atoms with E-state index in [1.165, 1.54) is 32.8 Å². The minimum atomic E-state index is -0.178. The maximum absolute atomic E-state index is 9.93. The number of hydrogen-bond acceptors (Lipinski definition) is 2. The van der Waals surface area contributed by atoms with Crippen LogP contribution in [-0.2, 0) is 31.9 Å². The molecule has 2 unspecified atom stereocenters. The third-order valence-corrected chi connectivity index (χ3v) is 8.73. The van der Waals surface area contributed by atoms with Crippen LogP contribution in [-0.4, -0.2) is 28.3 Å². The van der Waals surface area contributed by atoms with Gasteiger partial charge in [-0.3, -0.25) is 4.98 Å². The van der Waals surface area contributed by atoms with Gasteiger partial charge in [-0.05, 0) is 42.0 Å². The first-order chi connectivity index (χ1) is 19.5. The van der Waals surface area contributed by atoms with Gasteiger partial charge in [-0.1, -0.05) is 128 Å². The molecule has 0 amide bonds. The second-order valence-electron chi connectivity index (χ2n) is 13.2. The molecule has 1 aliphatic carbocycles. The Morgan fingerprint density at radius 3 is 2.26 bits per heavy atom. The smallest absolute Gasteiger partial charge is 0.0598 e. The fourth-order valence-electron chi connectivity index (χ4n) is 6.61. The standard InChI is InChI=1S/C26H24N.C12H26NO.Ir/c1-16(2)14-18-10-7-13-23-20(18)15-22-25(27-23)19-11-5-8-17-9-6-12-21(24(17)19)26(22,3)4;1-6-11(7-2)12(14)8-10(5)13-9(3)4;/h5-10,12-13,15-16H,14H2,1-4H3;9-12,14H,6-8H2,1-5H3;/q2*-1;.